The Kier molecular flexibility index (Phi) is 5.41. The van der Waals surface area contributed by atoms with Crippen molar-refractivity contribution in [3.05, 3.63) is 51.8 Å². The summed E-state index contributed by atoms with van der Waals surface area (Å²) in [6.07, 6.45) is 2.47. The fraction of sp³-hybridized carbons (Fsp3) is 0.421. The molecule has 1 unspecified atom stereocenters. The van der Waals surface area contributed by atoms with Gasteiger partial charge in [0.15, 0.2) is 6.61 Å². The Morgan fingerprint density at radius 3 is 2.88 bits per heavy atom. The lowest BCUT2D eigenvalue weighted by atomic mass is 10.1. The molecule has 0 radical (unpaired) electrons. The van der Waals surface area contributed by atoms with E-state index in [0.29, 0.717) is 5.75 Å². The minimum Gasteiger partial charge on any atom is -0.484 e. The fourth-order valence-electron chi connectivity index (χ4n) is 3.14. The van der Waals surface area contributed by atoms with Gasteiger partial charge in [-0.3, -0.25) is 4.79 Å². The average Bonchev–Trinajstić information content (AvgIpc) is 3.17. The number of halogens is 1. The molecule has 0 N–H and O–H groups in total. The maximum Gasteiger partial charge on any atom is 0.202 e. The molecule has 1 aromatic carbocycles. The fourth-order valence-corrected chi connectivity index (χ4v) is 3.54. The Hall–Kier alpha value is -1.59. The summed E-state index contributed by atoms with van der Waals surface area (Å²) in [5.74, 6) is 0.677. The normalized spacial score (nSPS) is 17.2. The van der Waals surface area contributed by atoms with E-state index >= 15 is 0 Å². The highest BCUT2D eigenvalue weighted by Crippen LogP contribution is 2.25. The van der Waals surface area contributed by atoms with Gasteiger partial charge in [-0.25, -0.2) is 0 Å². The van der Waals surface area contributed by atoms with Gasteiger partial charge in [-0.15, -0.1) is 0 Å². The predicted octanol–water partition coefficient (Wildman–Crippen LogP) is 4.31. The summed E-state index contributed by atoms with van der Waals surface area (Å²) in [4.78, 5) is 12.6. The van der Waals surface area contributed by atoms with Gasteiger partial charge in [-0.1, -0.05) is 12.1 Å². The number of aryl methyl sites for hydroxylation is 1. The van der Waals surface area contributed by atoms with Crippen molar-refractivity contribution in [2.45, 2.75) is 39.3 Å². The van der Waals surface area contributed by atoms with Crippen molar-refractivity contribution in [2.24, 2.45) is 0 Å². The molecule has 2 heterocycles. The summed E-state index contributed by atoms with van der Waals surface area (Å²) in [7, 11) is 0. The lowest BCUT2D eigenvalue weighted by Gasteiger charge is -2.15. The Bertz CT molecular complexity index is 732. The van der Waals surface area contributed by atoms with E-state index in [4.69, 9.17) is 9.47 Å². The molecule has 128 valence electrons. The number of ether oxygens (including phenoxy) is 2. The quantitative estimate of drug-likeness (QED) is 0.688. The molecule has 1 saturated heterocycles. The summed E-state index contributed by atoms with van der Waals surface area (Å²) in [5, 5.41) is 0. The monoisotopic (exact) mass is 391 g/mol. The smallest absolute Gasteiger partial charge is 0.202 e. The van der Waals surface area contributed by atoms with Crippen LogP contribution < -0.4 is 4.74 Å². The van der Waals surface area contributed by atoms with Crippen molar-refractivity contribution in [3.8, 4) is 5.75 Å². The molecular weight excluding hydrogens is 370 g/mol. The number of aromatic nitrogens is 1. The molecule has 24 heavy (non-hydrogen) atoms. The lowest BCUT2D eigenvalue weighted by Crippen LogP contribution is -2.18. The number of ketones is 1. The van der Waals surface area contributed by atoms with Gasteiger partial charge >= 0.3 is 0 Å². The van der Waals surface area contributed by atoms with Crippen LogP contribution >= 0.6 is 15.9 Å². The van der Waals surface area contributed by atoms with E-state index in [2.05, 4.69) is 20.5 Å². The third-order valence-electron chi connectivity index (χ3n) is 4.48. The number of benzene rings is 1. The summed E-state index contributed by atoms with van der Waals surface area (Å²) in [6, 6.07) is 9.50. The minimum absolute atomic E-state index is 0.00237. The maximum absolute atomic E-state index is 12.6. The van der Waals surface area contributed by atoms with Crippen LogP contribution in [-0.4, -0.2) is 29.7 Å². The van der Waals surface area contributed by atoms with Crippen LogP contribution in [0.2, 0.25) is 0 Å². The topological polar surface area (TPSA) is 40.5 Å². The molecule has 0 bridgehead atoms. The zero-order valence-electron chi connectivity index (χ0n) is 14.0. The van der Waals surface area contributed by atoms with E-state index in [1.54, 1.807) is 0 Å². The summed E-state index contributed by atoms with van der Waals surface area (Å²) >= 11 is 3.43. The van der Waals surface area contributed by atoms with Crippen LogP contribution in [0.4, 0.5) is 0 Å². The number of rotatable bonds is 6. The Morgan fingerprint density at radius 1 is 1.38 bits per heavy atom. The number of carbonyl (C=O) groups is 1. The number of Topliss-reactive ketones (excluding diaryl/α,β-unsaturated/α-hetero) is 1. The second-order valence-corrected chi connectivity index (χ2v) is 7.03. The Morgan fingerprint density at radius 2 is 2.17 bits per heavy atom. The first-order valence-electron chi connectivity index (χ1n) is 8.25. The van der Waals surface area contributed by atoms with Gasteiger partial charge in [0.2, 0.25) is 5.78 Å². The maximum atomic E-state index is 12.6. The molecule has 3 rings (SSSR count). The highest BCUT2D eigenvalue weighted by Gasteiger charge is 2.21. The molecule has 0 spiro atoms. The molecule has 4 nitrogen and oxygen atoms in total. The van der Waals surface area contributed by atoms with Gasteiger partial charge in [0, 0.05) is 30.1 Å². The van der Waals surface area contributed by atoms with Gasteiger partial charge in [0.05, 0.1) is 10.6 Å². The molecule has 0 aliphatic carbocycles. The molecule has 1 aromatic heterocycles. The van der Waals surface area contributed by atoms with Crippen LogP contribution in [0.15, 0.2) is 34.8 Å². The molecule has 1 aliphatic heterocycles. The predicted molar refractivity (Wildman–Crippen MR) is 96.8 cm³/mol. The molecular formula is C19H22BrNO3. The van der Waals surface area contributed by atoms with Crippen LogP contribution in [0.3, 0.4) is 0 Å². The van der Waals surface area contributed by atoms with Gasteiger partial charge in [-0.05, 0) is 60.8 Å². The summed E-state index contributed by atoms with van der Waals surface area (Å²) in [6.45, 7) is 5.72. The zero-order chi connectivity index (χ0) is 17.1. The second-order valence-electron chi connectivity index (χ2n) is 6.17. The van der Waals surface area contributed by atoms with Crippen molar-refractivity contribution in [1.29, 1.82) is 0 Å². The molecule has 5 heteroatoms. The number of para-hydroxylation sites is 1. The van der Waals surface area contributed by atoms with Gasteiger partial charge in [-0.2, -0.15) is 0 Å². The van der Waals surface area contributed by atoms with Crippen molar-refractivity contribution < 1.29 is 14.3 Å². The zero-order valence-corrected chi connectivity index (χ0v) is 15.6. The standard InChI is InChI=1S/C19H22BrNO3/c1-13-10-16(14(2)21(13)11-15-6-5-9-23-15)18(22)12-24-19-8-4-3-7-17(19)20/h3-4,7-8,10,15H,5-6,9,11-12H2,1-2H3. The van der Waals surface area contributed by atoms with Crippen molar-refractivity contribution >= 4 is 21.7 Å². The number of nitrogens with zero attached hydrogens (tertiary/aromatic N) is 1. The van der Waals surface area contributed by atoms with Gasteiger partial charge in [0.25, 0.3) is 0 Å². The van der Waals surface area contributed by atoms with Crippen LogP contribution in [-0.2, 0) is 11.3 Å². The number of hydrogen-bond acceptors (Lipinski definition) is 3. The lowest BCUT2D eigenvalue weighted by molar-refractivity contribution is 0.0914. The molecule has 1 atom stereocenters. The van der Waals surface area contributed by atoms with Crippen LogP contribution in [0, 0.1) is 13.8 Å². The first-order valence-corrected chi connectivity index (χ1v) is 9.04. The third kappa shape index (κ3) is 3.73. The van der Waals surface area contributed by atoms with Crippen LogP contribution in [0.1, 0.15) is 34.6 Å². The molecule has 0 saturated carbocycles. The molecule has 1 fully saturated rings. The van der Waals surface area contributed by atoms with E-state index in [1.807, 2.05) is 44.2 Å². The van der Waals surface area contributed by atoms with Crippen LogP contribution in [0.5, 0.6) is 5.75 Å². The largest absolute Gasteiger partial charge is 0.484 e. The van der Waals surface area contributed by atoms with Gasteiger partial charge in [0.1, 0.15) is 5.75 Å². The molecule has 0 amide bonds. The van der Waals surface area contributed by atoms with E-state index in [9.17, 15) is 4.79 Å². The van der Waals surface area contributed by atoms with Crippen molar-refractivity contribution in [3.63, 3.8) is 0 Å². The first-order chi connectivity index (χ1) is 11.6. The van der Waals surface area contributed by atoms with Crippen molar-refractivity contribution in [2.75, 3.05) is 13.2 Å². The van der Waals surface area contributed by atoms with E-state index in [-0.39, 0.29) is 18.5 Å². The number of carbonyl (C=O) groups excluding carboxylic acids is 1. The molecule has 2 aromatic rings. The van der Waals surface area contributed by atoms with Gasteiger partial charge < -0.3 is 14.0 Å². The summed E-state index contributed by atoms with van der Waals surface area (Å²) < 4.78 is 14.4. The van der Waals surface area contributed by atoms with E-state index in [0.717, 1.165) is 47.4 Å². The Labute approximate surface area is 150 Å². The second kappa shape index (κ2) is 7.53. The van der Waals surface area contributed by atoms with Crippen LogP contribution in [0.25, 0.3) is 0 Å². The third-order valence-corrected chi connectivity index (χ3v) is 5.13. The highest BCUT2D eigenvalue weighted by atomic mass is 79.9. The highest BCUT2D eigenvalue weighted by molar-refractivity contribution is 9.10. The average molecular weight is 392 g/mol. The first kappa shape index (κ1) is 17.2. The van der Waals surface area contributed by atoms with Crippen molar-refractivity contribution in [1.82, 2.24) is 4.57 Å². The Balaban J connectivity index is 1.69. The number of hydrogen-bond donors (Lipinski definition) is 0. The van der Waals surface area contributed by atoms with E-state index in [1.165, 1.54) is 0 Å². The minimum atomic E-state index is -0.00237. The SMILES string of the molecule is Cc1cc(C(=O)COc2ccccc2Br)c(C)n1CC1CCCO1. The molecule has 1 aliphatic rings. The van der Waals surface area contributed by atoms with E-state index < -0.39 is 0 Å². The summed E-state index contributed by atoms with van der Waals surface area (Å²) in [5.41, 5.74) is 2.81.